The number of hydrogen-bond donors (Lipinski definition) is 3. The van der Waals surface area contributed by atoms with Crippen molar-refractivity contribution in [1.29, 1.82) is 0 Å². The van der Waals surface area contributed by atoms with Crippen LogP contribution in [0, 0.1) is 6.92 Å². The van der Waals surface area contributed by atoms with Gasteiger partial charge < -0.3 is 25.2 Å². The molecule has 9 nitrogen and oxygen atoms in total. The van der Waals surface area contributed by atoms with E-state index >= 15 is 0 Å². The van der Waals surface area contributed by atoms with Crippen molar-refractivity contribution in [3.05, 3.63) is 39.8 Å². The number of likely N-dealkylation sites (tertiary alicyclic amines) is 1. The first-order chi connectivity index (χ1) is 15.5. The average Bonchev–Trinajstić information content (AvgIpc) is 3.38. The Hall–Kier alpha value is -3.62. The van der Waals surface area contributed by atoms with E-state index < -0.39 is 28.5 Å². The Balaban J connectivity index is 1.77. The fraction of sp³-hybridized carbons (Fsp3) is 0.417. The highest BCUT2D eigenvalue weighted by atomic mass is 16.5. The van der Waals surface area contributed by atoms with E-state index in [0.29, 0.717) is 13.1 Å². The number of nitrogens with zero attached hydrogens (tertiary/aromatic N) is 1. The number of carbonyl (C=O) groups is 4. The molecule has 0 unspecified atom stereocenters. The first kappa shape index (κ1) is 22.6. The number of nitrogens with one attached hydrogen (secondary N) is 1. The Morgan fingerprint density at radius 3 is 2.39 bits per heavy atom. The summed E-state index contributed by atoms with van der Waals surface area (Å²) in [6, 6.07) is 0. The van der Waals surface area contributed by atoms with Crippen LogP contribution in [0.1, 0.15) is 55.1 Å². The first-order valence-electron chi connectivity index (χ1n) is 10.8. The highest BCUT2D eigenvalue weighted by Crippen LogP contribution is 2.57. The van der Waals surface area contributed by atoms with Crippen molar-refractivity contribution in [2.45, 2.75) is 46.0 Å². The third kappa shape index (κ3) is 3.21. The summed E-state index contributed by atoms with van der Waals surface area (Å²) in [5.74, 6) is -2.84. The van der Waals surface area contributed by atoms with Gasteiger partial charge in [-0.3, -0.25) is 19.2 Å². The molecule has 174 valence electrons. The van der Waals surface area contributed by atoms with Crippen molar-refractivity contribution in [3.8, 4) is 17.2 Å². The number of benzene rings is 1. The number of aromatic hydroxyl groups is 2. The number of phenols is 2. The van der Waals surface area contributed by atoms with E-state index in [2.05, 4.69) is 5.32 Å². The second-order valence-corrected chi connectivity index (χ2v) is 8.83. The molecule has 4 rings (SSSR count). The summed E-state index contributed by atoms with van der Waals surface area (Å²) in [4.78, 5) is 52.9. The summed E-state index contributed by atoms with van der Waals surface area (Å²) in [5.41, 5.74) is -1.58. The molecule has 3 aliphatic rings. The average molecular weight is 454 g/mol. The molecule has 1 atom stereocenters. The highest BCUT2D eigenvalue weighted by Gasteiger charge is 2.56. The molecule has 1 saturated heterocycles. The Morgan fingerprint density at radius 2 is 1.79 bits per heavy atom. The maximum atomic E-state index is 13.7. The molecule has 0 spiro atoms. The van der Waals surface area contributed by atoms with Crippen LogP contribution in [0.4, 0.5) is 0 Å². The zero-order chi connectivity index (χ0) is 24.2. The summed E-state index contributed by atoms with van der Waals surface area (Å²) in [6.07, 6.45) is 3.06. The maximum absolute atomic E-state index is 13.7. The lowest BCUT2D eigenvalue weighted by Gasteiger charge is -2.29. The smallest absolute Gasteiger partial charge is 0.241 e. The Bertz CT molecular complexity index is 1190. The minimum Gasteiger partial charge on any atom is -0.507 e. The number of ether oxygens (including phenoxy) is 1. The van der Waals surface area contributed by atoms with Gasteiger partial charge in [0.2, 0.25) is 5.91 Å². The standard InChI is InChI=1S/C24H26N2O7/c1-11-20(30)18(13(3)27)22-19(21(11)31)24(4)15(33-22)9-14(28)17(23(24)32)12(2)25-10-16(29)26-7-5-6-8-26/h9,25,30-31H,5-8,10H2,1-4H3/t24-/m0/s1. The zero-order valence-electron chi connectivity index (χ0n) is 19.0. The molecule has 0 bridgehead atoms. The summed E-state index contributed by atoms with van der Waals surface area (Å²) in [7, 11) is 0. The van der Waals surface area contributed by atoms with Crippen LogP contribution in [0.25, 0.3) is 0 Å². The van der Waals surface area contributed by atoms with Gasteiger partial charge in [-0.1, -0.05) is 0 Å². The summed E-state index contributed by atoms with van der Waals surface area (Å²) < 4.78 is 5.73. The van der Waals surface area contributed by atoms with E-state index in [9.17, 15) is 29.4 Å². The second-order valence-electron chi connectivity index (χ2n) is 8.83. The summed E-state index contributed by atoms with van der Waals surface area (Å²) >= 11 is 0. The molecule has 1 aromatic carbocycles. The minimum atomic E-state index is -1.58. The SMILES string of the molecule is CC(=O)c1c(O)c(C)c(O)c2c1OC1=CC(=O)C(=C(C)NCC(=O)N3CCCC3)C(=O)[C@@]12C. The van der Waals surface area contributed by atoms with Gasteiger partial charge in [0.15, 0.2) is 17.3 Å². The number of ketones is 3. The van der Waals surface area contributed by atoms with Gasteiger partial charge in [0.25, 0.3) is 0 Å². The van der Waals surface area contributed by atoms with Crippen LogP contribution in [0.2, 0.25) is 0 Å². The third-order valence-corrected chi connectivity index (χ3v) is 6.72. The number of carbonyl (C=O) groups excluding carboxylic acids is 4. The highest BCUT2D eigenvalue weighted by molar-refractivity contribution is 6.31. The van der Waals surface area contributed by atoms with E-state index in [-0.39, 0.29) is 57.7 Å². The molecule has 0 radical (unpaired) electrons. The quantitative estimate of drug-likeness (QED) is 0.356. The Morgan fingerprint density at radius 1 is 1.15 bits per heavy atom. The predicted molar refractivity (Wildman–Crippen MR) is 117 cm³/mol. The third-order valence-electron chi connectivity index (χ3n) is 6.72. The van der Waals surface area contributed by atoms with Crippen LogP contribution < -0.4 is 10.1 Å². The van der Waals surface area contributed by atoms with Crippen LogP contribution in [0.5, 0.6) is 17.2 Å². The molecule has 2 aliphatic heterocycles. The van der Waals surface area contributed by atoms with Crippen LogP contribution in [-0.2, 0) is 19.8 Å². The lowest BCUT2D eigenvalue weighted by atomic mass is 9.70. The number of rotatable bonds is 4. The van der Waals surface area contributed by atoms with Gasteiger partial charge in [-0.25, -0.2) is 0 Å². The second kappa shape index (κ2) is 7.75. The van der Waals surface area contributed by atoms with Gasteiger partial charge in [-0.05, 0) is 40.5 Å². The van der Waals surface area contributed by atoms with Gasteiger partial charge >= 0.3 is 0 Å². The molecule has 33 heavy (non-hydrogen) atoms. The van der Waals surface area contributed by atoms with E-state index in [1.165, 1.54) is 20.8 Å². The lowest BCUT2D eigenvalue weighted by molar-refractivity contribution is -0.129. The number of phenolic OH excluding ortho intramolecular Hbond substituents is 2. The Labute approximate surface area is 190 Å². The molecule has 0 saturated carbocycles. The number of fused-ring (bicyclic) bond motifs is 3. The molecular formula is C24H26N2O7. The zero-order valence-corrected chi connectivity index (χ0v) is 19.0. The van der Waals surface area contributed by atoms with Crippen molar-refractivity contribution in [1.82, 2.24) is 10.2 Å². The van der Waals surface area contributed by atoms with Crippen molar-refractivity contribution in [2.24, 2.45) is 0 Å². The Kier molecular flexibility index (Phi) is 5.30. The molecular weight excluding hydrogens is 428 g/mol. The van der Waals surface area contributed by atoms with Gasteiger partial charge in [0, 0.05) is 30.4 Å². The molecule has 9 heteroatoms. The maximum Gasteiger partial charge on any atom is 0.241 e. The molecule has 3 N–H and O–H groups in total. The fourth-order valence-corrected chi connectivity index (χ4v) is 4.74. The van der Waals surface area contributed by atoms with Crippen molar-refractivity contribution >= 4 is 23.3 Å². The summed E-state index contributed by atoms with van der Waals surface area (Å²) in [6.45, 7) is 7.04. The van der Waals surface area contributed by atoms with Gasteiger partial charge in [-0.2, -0.15) is 0 Å². The monoisotopic (exact) mass is 454 g/mol. The molecule has 1 aromatic rings. The topological polar surface area (TPSA) is 133 Å². The molecule has 1 fully saturated rings. The van der Waals surface area contributed by atoms with Gasteiger partial charge in [0.05, 0.1) is 17.7 Å². The summed E-state index contributed by atoms with van der Waals surface area (Å²) in [5, 5.41) is 24.1. The van der Waals surface area contributed by atoms with Crippen molar-refractivity contribution in [3.63, 3.8) is 0 Å². The number of amides is 1. The first-order valence-corrected chi connectivity index (χ1v) is 10.8. The molecule has 0 aromatic heterocycles. The number of allylic oxidation sites excluding steroid dienone is 4. The predicted octanol–water partition coefficient (Wildman–Crippen LogP) is 1.78. The van der Waals surface area contributed by atoms with Crippen molar-refractivity contribution < 1.29 is 34.1 Å². The molecule has 1 aliphatic carbocycles. The molecule has 1 amide bonds. The normalized spacial score (nSPS) is 23.0. The number of hydrogen-bond acceptors (Lipinski definition) is 8. The van der Waals surface area contributed by atoms with Gasteiger partial charge in [-0.15, -0.1) is 0 Å². The minimum absolute atomic E-state index is 0.0278. The van der Waals surface area contributed by atoms with Crippen molar-refractivity contribution in [2.75, 3.05) is 19.6 Å². The van der Waals surface area contributed by atoms with E-state index in [4.69, 9.17) is 4.74 Å². The van der Waals surface area contributed by atoms with Crippen LogP contribution in [0.15, 0.2) is 23.1 Å². The fourth-order valence-electron chi connectivity index (χ4n) is 4.74. The largest absolute Gasteiger partial charge is 0.507 e. The van der Waals surface area contributed by atoms with Gasteiger partial charge in [0.1, 0.15) is 34.0 Å². The van der Waals surface area contributed by atoms with Crippen LogP contribution >= 0.6 is 0 Å². The molecule has 2 heterocycles. The van der Waals surface area contributed by atoms with Crippen LogP contribution in [0.3, 0.4) is 0 Å². The van der Waals surface area contributed by atoms with Crippen LogP contribution in [-0.4, -0.2) is 58.0 Å². The van der Waals surface area contributed by atoms with E-state index in [0.717, 1.165) is 18.9 Å². The number of Topliss-reactive ketones (excluding diaryl/α,β-unsaturated/α-hetero) is 2. The lowest BCUT2D eigenvalue weighted by Crippen LogP contribution is -2.42. The van der Waals surface area contributed by atoms with E-state index in [1.807, 2.05) is 0 Å². The van der Waals surface area contributed by atoms with E-state index in [1.54, 1.807) is 11.8 Å².